The molecule has 1 N–H and O–H groups in total. The van der Waals surface area contributed by atoms with Crippen molar-refractivity contribution in [2.24, 2.45) is 0 Å². The van der Waals surface area contributed by atoms with Crippen LogP contribution in [-0.2, 0) is 4.74 Å². The van der Waals surface area contributed by atoms with E-state index in [1.807, 2.05) is 7.05 Å². The van der Waals surface area contributed by atoms with Crippen LogP contribution in [0, 0.1) is 0 Å². The van der Waals surface area contributed by atoms with Crippen LogP contribution in [0.2, 0.25) is 0 Å². The second-order valence-corrected chi connectivity index (χ2v) is 4.98. The van der Waals surface area contributed by atoms with Crippen molar-refractivity contribution in [1.82, 2.24) is 10.2 Å². The van der Waals surface area contributed by atoms with Crippen LogP contribution in [0.15, 0.2) is 0 Å². The topological polar surface area (TPSA) is 24.5 Å². The summed E-state index contributed by atoms with van der Waals surface area (Å²) in [5, 5.41) is 3.27. The lowest BCUT2D eigenvalue weighted by Gasteiger charge is -2.34. The highest BCUT2D eigenvalue weighted by Gasteiger charge is 2.23. The maximum atomic E-state index is 5.32. The van der Waals surface area contributed by atoms with Crippen molar-refractivity contribution in [3.63, 3.8) is 0 Å². The van der Waals surface area contributed by atoms with E-state index in [4.69, 9.17) is 4.74 Å². The first kappa shape index (κ1) is 13.9. The van der Waals surface area contributed by atoms with Crippen LogP contribution in [0.4, 0.5) is 0 Å². The summed E-state index contributed by atoms with van der Waals surface area (Å²) in [6, 6.07) is 1.27. The van der Waals surface area contributed by atoms with Crippen molar-refractivity contribution in [1.29, 1.82) is 0 Å². The Bertz CT molecular complexity index is 159. The van der Waals surface area contributed by atoms with E-state index in [2.05, 4.69) is 17.3 Å². The molecule has 3 nitrogen and oxygen atoms in total. The predicted molar refractivity (Wildman–Crippen MR) is 68.8 cm³/mol. The van der Waals surface area contributed by atoms with Gasteiger partial charge in [-0.3, -0.25) is 4.90 Å². The summed E-state index contributed by atoms with van der Waals surface area (Å²) in [4.78, 5) is 2.53. The van der Waals surface area contributed by atoms with Gasteiger partial charge in [-0.2, -0.15) is 0 Å². The van der Waals surface area contributed by atoms with E-state index >= 15 is 0 Å². The van der Waals surface area contributed by atoms with Gasteiger partial charge in [0, 0.05) is 25.7 Å². The highest BCUT2D eigenvalue weighted by atomic mass is 16.5. The van der Waals surface area contributed by atoms with Crippen LogP contribution in [-0.4, -0.2) is 51.3 Å². The molecule has 0 saturated heterocycles. The largest absolute Gasteiger partial charge is 0.383 e. The first-order chi connectivity index (χ1) is 7.79. The average Bonchev–Trinajstić information content (AvgIpc) is 2.56. The van der Waals surface area contributed by atoms with E-state index in [1.165, 1.54) is 38.5 Å². The van der Waals surface area contributed by atoms with Gasteiger partial charge in [-0.05, 0) is 26.9 Å². The van der Waals surface area contributed by atoms with Gasteiger partial charge in [-0.1, -0.05) is 25.7 Å². The average molecular weight is 228 g/mol. The Morgan fingerprint density at radius 3 is 2.38 bits per heavy atom. The third-order valence-electron chi connectivity index (χ3n) is 3.78. The molecule has 1 aliphatic rings. The predicted octanol–water partition coefficient (Wildman–Crippen LogP) is 1.88. The standard InChI is InChI=1S/C13H28N2O/c1-14-10-13(11-16-3)15(2)12-8-6-4-5-7-9-12/h12-14H,4-11H2,1-3H3. The molecule has 1 saturated carbocycles. The first-order valence-corrected chi connectivity index (χ1v) is 6.65. The molecule has 0 radical (unpaired) electrons. The number of nitrogens with zero attached hydrogens (tertiary/aromatic N) is 1. The van der Waals surface area contributed by atoms with E-state index in [1.54, 1.807) is 7.11 Å². The second-order valence-electron chi connectivity index (χ2n) is 4.98. The molecule has 1 unspecified atom stereocenters. The maximum Gasteiger partial charge on any atom is 0.0630 e. The van der Waals surface area contributed by atoms with Crippen LogP contribution in [0.1, 0.15) is 38.5 Å². The van der Waals surface area contributed by atoms with Crippen LogP contribution in [0.25, 0.3) is 0 Å². The van der Waals surface area contributed by atoms with Crippen molar-refractivity contribution in [3.8, 4) is 0 Å². The van der Waals surface area contributed by atoms with Crippen LogP contribution >= 0.6 is 0 Å². The number of rotatable bonds is 6. The van der Waals surface area contributed by atoms with Gasteiger partial charge in [0.05, 0.1) is 6.61 Å². The Hall–Kier alpha value is -0.120. The Morgan fingerprint density at radius 1 is 1.25 bits per heavy atom. The summed E-state index contributed by atoms with van der Waals surface area (Å²) in [6.07, 6.45) is 8.36. The Morgan fingerprint density at radius 2 is 1.88 bits per heavy atom. The van der Waals surface area contributed by atoms with Gasteiger partial charge in [0.25, 0.3) is 0 Å². The smallest absolute Gasteiger partial charge is 0.0630 e. The summed E-state index contributed by atoms with van der Waals surface area (Å²) >= 11 is 0. The molecule has 0 heterocycles. The molecule has 0 aromatic rings. The molecule has 16 heavy (non-hydrogen) atoms. The van der Waals surface area contributed by atoms with Gasteiger partial charge in [-0.25, -0.2) is 0 Å². The summed E-state index contributed by atoms with van der Waals surface area (Å²) < 4.78 is 5.32. The Kier molecular flexibility index (Phi) is 7.01. The van der Waals surface area contributed by atoms with Gasteiger partial charge in [0.15, 0.2) is 0 Å². The molecule has 3 heteroatoms. The van der Waals surface area contributed by atoms with Gasteiger partial charge in [0.2, 0.25) is 0 Å². The highest BCUT2D eigenvalue weighted by molar-refractivity contribution is 4.79. The molecule has 1 aliphatic carbocycles. The molecular weight excluding hydrogens is 200 g/mol. The van der Waals surface area contributed by atoms with Crippen molar-refractivity contribution in [2.45, 2.75) is 50.6 Å². The minimum absolute atomic E-state index is 0.512. The molecule has 0 aromatic heterocycles. The fraction of sp³-hybridized carbons (Fsp3) is 1.00. The molecule has 1 atom stereocenters. The molecule has 0 bridgehead atoms. The Balaban J connectivity index is 2.46. The van der Waals surface area contributed by atoms with Crippen LogP contribution < -0.4 is 5.32 Å². The fourth-order valence-corrected chi connectivity index (χ4v) is 2.71. The summed E-state index contributed by atoms with van der Waals surface area (Å²) in [5.41, 5.74) is 0. The minimum atomic E-state index is 0.512. The lowest BCUT2D eigenvalue weighted by Crippen LogP contribution is -2.47. The van der Waals surface area contributed by atoms with Gasteiger partial charge < -0.3 is 10.1 Å². The molecule has 1 rings (SSSR count). The third-order valence-corrected chi connectivity index (χ3v) is 3.78. The zero-order chi connectivity index (χ0) is 11.8. The monoisotopic (exact) mass is 228 g/mol. The summed E-state index contributed by atoms with van der Waals surface area (Å²) in [6.45, 7) is 1.84. The molecule has 0 amide bonds. The first-order valence-electron chi connectivity index (χ1n) is 6.65. The van der Waals surface area contributed by atoms with Gasteiger partial charge in [0.1, 0.15) is 0 Å². The summed E-state index contributed by atoms with van der Waals surface area (Å²) in [5.74, 6) is 0. The molecule has 1 fully saturated rings. The van der Waals surface area contributed by atoms with E-state index in [9.17, 15) is 0 Å². The van der Waals surface area contributed by atoms with Crippen molar-refractivity contribution in [2.75, 3.05) is 34.4 Å². The number of likely N-dealkylation sites (N-methyl/N-ethyl adjacent to an activating group) is 2. The number of ether oxygens (including phenoxy) is 1. The van der Waals surface area contributed by atoms with Crippen molar-refractivity contribution in [3.05, 3.63) is 0 Å². The molecule has 0 aliphatic heterocycles. The van der Waals surface area contributed by atoms with Crippen LogP contribution in [0.5, 0.6) is 0 Å². The number of hydrogen-bond donors (Lipinski definition) is 1. The number of methoxy groups -OCH3 is 1. The molecule has 0 aromatic carbocycles. The normalized spacial score (nSPS) is 21.0. The Labute approximate surface area is 101 Å². The van der Waals surface area contributed by atoms with E-state index in [0.717, 1.165) is 19.2 Å². The van der Waals surface area contributed by atoms with Gasteiger partial charge in [-0.15, -0.1) is 0 Å². The lowest BCUT2D eigenvalue weighted by molar-refractivity contribution is 0.0750. The van der Waals surface area contributed by atoms with Gasteiger partial charge >= 0.3 is 0 Å². The minimum Gasteiger partial charge on any atom is -0.383 e. The zero-order valence-electron chi connectivity index (χ0n) is 11.2. The SMILES string of the molecule is CNCC(COC)N(C)C1CCCCCC1. The second kappa shape index (κ2) is 8.04. The molecular formula is C13H28N2O. The number of hydrogen-bond acceptors (Lipinski definition) is 3. The quantitative estimate of drug-likeness (QED) is 0.703. The fourth-order valence-electron chi connectivity index (χ4n) is 2.71. The van der Waals surface area contributed by atoms with E-state index < -0.39 is 0 Å². The zero-order valence-corrected chi connectivity index (χ0v) is 11.2. The van der Waals surface area contributed by atoms with Crippen molar-refractivity contribution < 1.29 is 4.74 Å². The number of nitrogens with one attached hydrogen (secondary N) is 1. The summed E-state index contributed by atoms with van der Waals surface area (Å²) in [7, 11) is 6.07. The molecule has 0 spiro atoms. The maximum absolute atomic E-state index is 5.32. The lowest BCUT2D eigenvalue weighted by atomic mass is 10.1. The highest BCUT2D eigenvalue weighted by Crippen LogP contribution is 2.22. The van der Waals surface area contributed by atoms with E-state index in [0.29, 0.717) is 6.04 Å². The third kappa shape index (κ3) is 4.40. The van der Waals surface area contributed by atoms with Crippen molar-refractivity contribution >= 4 is 0 Å². The molecule has 96 valence electrons. The van der Waals surface area contributed by atoms with E-state index in [-0.39, 0.29) is 0 Å². The van der Waals surface area contributed by atoms with Crippen LogP contribution in [0.3, 0.4) is 0 Å².